The third kappa shape index (κ3) is 1.50. The van der Waals surface area contributed by atoms with Crippen LogP contribution in [0.25, 0.3) is 11.0 Å². The maximum Gasteiger partial charge on any atom is 0.141 e. The molecule has 1 aliphatic rings. The molecule has 1 aliphatic heterocycles. The van der Waals surface area contributed by atoms with Gasteiger partial charge in [0, 0.05) is 17.8 Å². The molecular formula is C12H14N2O2. The standard InChI is InChI=1S/C12H14N2O2/c15-8-10-3-4-11(16-10)14-7-5-9-2-1-6-13-12(9)14/h1-2,5-7,10-11,15H,3-4,8H2/t10-,11-/m0/s1. The van der Waals surface area contributed by atoms with Crippen molar-refractivity contribution in [2.24, 2.45) is 0 Å². The van der Waals surface area contributed by atoms with Crippen molar-refractivity contribution < 1.29 is 9.84 Å². The highest BCUT2D eigenvalue weighted by Gasteiger charge is 2.26. The van der Waals surface area contributed by atoms with Gasteiger partial charge in [-0.3, -0.25) is 0 Å². The average Bonchev–Trinajstić information content (AvgIpc) is 2.94. The number of fused-ring (bicyclic) bond motifs is 1. The third-order valence-electron chi connectivity index (χ3n) is 3.08. The molecule has 16 heavy (non-hydrogen) atoms. The number of hydrogen-bond acceptors (Lipinski definition) is 3. The van der Waals surface area contributed by atoms with Crippen molar-refractivity contribution in [1.29, 1.82) is 0 Å². The maximum atomic E-state index is 9.04. The van der Waals surface area contributed by atoms with Crippen molar-refractivity contribution in [3.05, 3.63) is 30.6 Å². The summed E-state index contributed by atoms with van der Waals surface area (Å²) in [6, 6.07) is 6.01. The minimum atomic E-state index is -0.0221. The van der Waals surface area contributed by atoms with Crippen LogP contribution in [-0.2, 0) is 4.74 Å². The fourth-order valence-corrected chi connectivity index (χ4v) is 2.24. The van der Waals surface area contributed by atoms with E-state index in [1.807, 2.05) is 29.0 Å². The Morgan fingerprint density at radius 3 is 3.19 bits per heavy atom. The smallest absolute Gasteiger partial charge is 0.141 e. The molecule has 4 heteroatoms. The van der Waals surface area contributed by atoms with Gasteiger partial charge in [-0.2, -0.15) is 0 Å². The SMILES string of the molecule is OC[C@@H]1CC[C@@H](n2ccc3cccnc32)O1. The molecule has 1 saturated heterocycles. The second-order valence-corrected chi connectivity index (χ2v) is 4.11. The highest BCUT2D eigenvalue weighted by Crippen LogP contribution is 2.30. The maximum absolute atomic E-state index is 9.04. The van der Waals surface area contributed by atoms with Crippen molar-refractivity contribution in [1.82, 2.24) is 9.55 Å². The van der Waals surface area contributed by atoms with Gasteiger partial charge < -0.3 is 14.4 Å². The number of aliphatic hydroxyl groups is 1. The molecule has 84 valence electrons. The van der Waals surface area contributed by atoms with Crippen molar-refractivity contribution in [2.75, 3.05) is 6.61 Å². The summed E-state index contributed by atoms with van der Waals surface area (Å²) < 4.78 is 7.78. The molecule has 2 aromatic rings. The summed E-state index contributed by atoms with van der Waals surface area (Å²) in [4.78, 5) is 4.36. The first kappa shape index (κ1) is 9.81. The molecule has 0 aromatic carbocycles. The number of hydrogen-bond donors (Lipinski definition) is 1. The van der Waals surface area contributed by atoms with E-state index in [0.717, 1.165) is 23.9 Å². The van der Waals surface area contributed by atoms with Gasteiger partial charge in [-0.15, -0.1) is 0 Å². The molecule has 1 fully saturated rings. The van der Waals surface area contributed by atoms with E-state index in [1.54, 1.807) is 6.20 Å². The van der Waals surface area contributed by atoms with Gasteiger partial charge in [0.25, 0.3) is 0 Å². The Kier molecular flexibility index (Phi) is 2.38. The van der Waals surface area contributed by atoms with Crippen LogP contribution in [0.5, 0.6) is 0 Å². The number of aromatic nitrogens is 2. The average molecular weight is 218 g/mol. The minimum Gasteiger partial charge on any atom is -0.394 e. The van der Waals surface area contributed by atoms with E-state index in [1.165, 1.54) is 0 Å². The predicted molar refractivity (Wildman–Crippen MR) is 60.0 cm³/mol. The highest BCUT2D eigenvalue weighted by atomic mass is 16.5. The molecule has 0 aliphatic carbocycles. The molecule has 2 aromatic heterocycles. The zero-order valence-electron chi connectivity index (χ0n) is 8.91. The van der Waals surface area contributed by atoms with Crippen LogP contribution in [0.1, 0.15) is 19.1 Å². The molecule has 0 amide bonds. The lowest BCUT2D eigenvalue weighted by Gasteiger charge is -2.14. The van der Waals surface area contributed by atoms with E-state index in [4.69, 9.17) is 9.84 Å². The summed E-state index contributed by atoms with van der Waals surface area (Å²) in [6.07, 6.45) is 5.63. The van der Waals surface area contributed by atoms with Crippen molar-refractivity contribution in [2.45, 2.75) is 25.2 Å². The Bertz CT molecular complexity index is 494. The van der Waals surface area contributed by atoms with Crippen LogP contribution in [-0.4, -0.2) is 27.4 Å². The highest BCUT2D eigenvalue weighted by molar-refractivity contribution is 5.75. The summed E-state index contributed by atoms with van der Waals surface area (Å²) in [5.74, 6) is 0. The second-order valence-electron chi connectivity index (χ2n) is 4.11. The predicted octanol–water partition coefficient (Wildman–Crippen LogP) is 1.71. The first-order valence-electron chi connectivity index (χ1n) is 5.56. The summed E-state index contributed by atoms with van der Waals surface area (Å²) in [5.41, 5.74) is 0.950. The topological polar surface area (TPSA) is 47.3 Å². The van der Waals surface area contributed by atoms with Gasteiger partial charge in [-0.05, 0) is 31.0 Å². The van der Waals surface area contributed by atoms with Gasteiger partial charge in [0.15, 0.2) is 0 Å². The molecule has 3 rings (SSSR count). The van der Waals surface area contributed by atoms with Crippen LogP contribution in [0.4, 0.5) is 0 Å². The first-order chi connectivity index (χ1) is 7.88. The lowest BCUT2D eigenvalue weighted by Crippen LogP contribution is -2.14. The number of aliphatic hydroxyl groups excluding tert-OH is 1. The number of rotatable bonds is 2. The molecule has 0 spiro atoms. The van der Waals surface area contributed by atoms with E-state index in [0.29, 0.717) is 0 Å². The number of ether oxygens (including phenoxy) is 1. The third-order valence-corrected chi connectivity index (χ3v) is 3.08. The van der Waals surface area contributed by atoms with Gasteiger partial charge in [0.1, 0.15) is 11.9 Å². The number of nitrogens with zero attached hydrogens (tertiary/aromatic N) is 2. The fraction of sp³-hybridized carbons (Fsp3) is 0.417. The summed E-state index contributed by atoms with van der Waals surface area (Å²) in [7, 11) is 0. The first-order valence-corrected chi connectivity index (χ1v) is 5.56. The van der Waals surface area contributed by atoms with E-state index < -0.39 is 0 Å². The Labute approximate surface area is 93.5 Å². The van der Waals surface area contributed by atoms with Crippen LogP contribution in [0, 0.1) is 0 Å². The molecule has 0 saturated carbocycles. The Morgan fingerprint density at radius 2 is 2.38 bits per heavy atom. The summed E-state index contributed by atoms with van der Waals surface area (Å²) >= 11 is 0. The molecule has 0 bridgehead atoms. The molecule has 4 nitrogen and oxygen atoms in total. The van der Waals surface area contributed by atoms with Gasteiger partial charge >= 0.3 is 0 Å². The fourth-order valence-electron chi connectivity index (χ4n) is 2.24. The molecule has 0 radical (unpaired) electrons. The summed E-state index contributed by atoms with van der Waals surface area (Å²) in [6.45, 7) is 0.100. The number of pyridine rings is 1. The van der Waals surface area contributed by atoms with Gasteiger partial charge in [-0.25, -0.2) is 4.98 Å². The second kappa shape index (κ2) is 3.88. The molecule has 1 N–H and O–H groups in total. The van der Waals surface area contributed by atoms with Crippen LogP contribution in [0.3, 0.4) is 0 Å². The van der Waals surface area contributed by atoms with Crippen LogP contribution in [0.2, 0.25) is 0 Å². The van der Waals surface area contributed by atoms with E-state index in [-0.39, 0.29) is 18.9 Å². The van der Waals surface area contributed by atoms with E-state index in [2.05, 4.69) is 4.98 Å². The zero-order chi connectivity index (χ0) is 11.0. The van der Waals surface area contributed by atoms with Crippen LogP contribution in [0.15, 0.2) is 30.6 Å². The summed E-state index contributed by atoms with van der Waals surface area (Å²) in [5, 5.41) is 10.2. The van der Waals surface area contributed by atoms with Gasteiger partial charge in [-0.1, -0.05) is 0 Å². The molecule has 0 unspecified atom stereocenters. The molecule has 2 atom stereocenters. The zero-order valence-corrected chi connectivity index (χ0v) is 8.91. The normalized spacial score (nSPS) is 25.3. The van der Waals surface area contributed by atoms with Crippen molar-refractivity contribution in [3.63, 3.8) is 0 Å². The lowest BCUT2D eigenvalue weighted by molar-refractivity contribution is -0.0204. The van der Waals surface area contributed by atoms with Crippen LogP contribution >= 0.6 is 0 Å². The van der Waals surface area contributed by atoms with Crippen molar-refractivity contribution >= 4 is 11.0 Å². The van der Waals surface area contributed by atoms with Crippen molar-refractivity contribution in [3.8, 4) is 0 Å². The van der Waals surface area contributed by atoms with E-state index in [9.17, 15) is 0 Å². The largest absolute Gasteiger partial charge is 0.394 e. The molecular weight excluding hydrogens is 204 g/mol. The Morgan fingerprint density at radius 1 is 1.44 bits per heavy atom. The van der Waals surface area contributed by atoms with Gasteiger partial charge in [0.2, 0.25) is 0 Å². The van der Waals surface area contributed by atoms with E-state index >= 15 is 0 Å². The van der Waals surface area contributed by atoms with Crippen LogP contribution < -0.4 is 0 Å². The Hall–Kier alpha value is -1.39. The lowest BCUT2D eigenvalue weighted by atomic mass is 10.2. The quantitative estimate of drug-likeness (QED) is 0.834. The molecule has 3 heterocycles. The van der Waals surface area contributed by atoms with Gasteiger partial charge in [0.05, 0.1) is 12.7 Å². The monoisotopic (exact) mass is 218 g/mol. The Balaban J connectivity index is 1.95. The minimum absolute atomic E-state index is 0.0181.